The van der Waals surface area contributed by atoms with Crippen LogP contribution in [0.15, 0.2) is 34.8 Å². The minimum absolute atomic E-state index is 0.108. The molecule has 21 heavy (non-hydrogen) atoms. The highest BCUT2D eigenvalue weighted by Gasteiger charge is 2.10. The molecule has 5 heteroatoms. The van der Waals surface area contributed by atoms with Gasteiger partial charge in [0.1, 0.15) is 5.03 Å². The van der Waals surface area contributed by atoms with Crippen molar-refractivity contribution in [3.63, 3.8) is 0 Å². The Bertz CT molecular complexity index is 603. The lowest BCUT2D eigenvalue weighted by Crippen LogP contribution is -2.35. The molecule has 0 aliphatic heterocycles. The predicted octanol–water partition coefficient (Wildman–Crippen LogP) is 3.53. The third kappa shape index (κ3) is 5.10. The van der Waals surface area contributed by atoms with Gasteiger partial charge in [-0.1, -0.05) is 6.07 Å². The Morgan fingerprint density at radius 1 is 1.05 bits per heavy atom. The van der Waals surface area contributed by atoms with Gasteiger partial charge in [0, 0.05) is 30.7 Å². The van der Waals surface area contributed by atoms with E-state index in [1.165, 1.54) is 17.3 Å². The molecule has 4 nitrogen and oxygen atoms in total. The highest BCUT2D eigenvalue weighted by Crippen LogP contribution is 2.25. The Morgan fingerprint density at radius 2 is 1.71 bits per heavy atom. The minimum atomic E-state index is 0.108. The van der Waals surface area contributed by atoms with E-state index in [9.17, 15) is 0 Å². The van der Waals surface area contributed by atoms with Gasteiger partial charge in [0.05, 0.1) is 0 Å². The molecule has 0 bridgehead atoms. The van der Waals surface area contributed by atoms with Crippen LogP contribution in [0.2, 0.25) is 0 Å². The molecule has 2 aromatic rings. The average molecular weight is 302 g/mol. The van der Waals surface area contributed by atoms with Crippen LogP contribution in [0.25, 0.3) is 0 Å². The van der Waals surface area contributed by atoms with Crippen molar-refractivity contribution in [3.05, 3.63) is 41.3 Å². The number of hydrogen-bond acceptors (Lipinski definition) is 5. The smallest absolute Gasteiger partial charge is 0.193 e. The zero-order valence-electron chi connectivity index (χ0n) is 13.3. The Balaban J connectivity index is 2.07. The quantitative estimate of drug-likeness (QED) is 0.876. The van der Waals surface area contributed by atoms with Gasteiger partial charge in [-0.2, -0.15) is 0 Å². The van der Waals surface area contributed by atoms with Gasteiger partial charge >= 0.3 is 0 Å². The van der Waals surface area contributed by atoms with Gasteiger partial charge in [0.2, 0.25) is 0 Å². The van der Waals surface area contributed by atoms with Crippen molar-refractivity contribution in [3.8, 4) is 0 Å². The highest BCUT2D eigenvalue weighted by molar-refractivity contribution is 7.99. The van der Waals surface area contributed by atoms with E-state index < -0.39 is 0 Å². The number of pyridine rings is 1. The van der Waals surface area contributed by atoms with Crippen molar-refractivity contribution in [1.29, 1.82) is 0 Å². The van der Waals surface area contributed by atoms with Crippen molar-refractivity contribution >= 4 is 11.8 Å². The molecular formula is C16H22N4S. The van der Waals surface area contributed by atoms with E-state index in [1.807, 2.05) is 25.5 Å². The molecule has 0 aromatic carbocycles. The first-order valence-corrected chi connectivity index (χ1v) is 7.82. The van der Waals surface area contributed by atoms with Gasteiger partial charge in [0.15, 0.2) is 5.16 Å². The molecule has 0 amide bonds. The molecule has 2 aromatic heterocycles. The van der Waals surface area contributed by atoms with Crippen molar-refractivity contribution in [2.24, 2.45) is 0 Å². The zero-order valence-corrected chi connectivity index (χ0v) is 14.1. The van der Waals surface area contributed by atoms with Crippen LogP contribution in [0, 0.1) is 13.8 Å². The second-order valence-electron chi connectivity index (χ2n) is 6.21. The number of rotatable bonds is 4. The van der Waals surface area contributed by atoms with E-state index in [0.29, 0.717) is 0 Å². The normalized spacial score (nSPS) is 11.7. The summed E-state index contributed by atoms with van der Waals surface area (Å²) in [6.45, 7) is 11.4. The molecule has 0 spiro atoms. The summed E-state index contributed by atoms with van der Waals surface area (Å²) in [6, 6.07) is 2.17. The number of aryl methyl sites for hydroxylation is 2. The maximum Gasteiger partial charge on any atom is 0.193 e. The van der Waals surface area contributed by atoms with Crippen LogP contribution >= 0.6 is 11.8 Å². The maximum absolute atomic E-state index is 4.54. The molecule has 0 fully saturated rings. The largest absolute Gasteiger partial charge is 0.308 e. The standard InChI is InChI=1S/C16H22N4S/c1-11-7-18-15(19-8-11)21-14-12(2)6-13(9-17-14)10-20-16(3,4)5/h6-9,20H,10H2,1-5H3. The Hall–Kier alpha value is -1.46. The summed E-state index contributed by atoms with van der Waals surface area (Å²) in [7, 11) is 0. The monoisotopic (exact) mass is 302 g/mol. The van der Waals surface area contributed by atoms with Crippen LogP contribution in [0.1, 0.15) is 37.5 Å². The summed E-state index contributed by atoms with van der Waals surface area (Å²) in [6.07, 6.45) is 5.57. The van der Waals surface area contributed by atoms with E-state index in [2.05, 4.69) is 54.0 Å². The predicted molar refractivity (Wildman–Crippen MR) is 86.5 cm³/mol. The van der Waals surface area contributed by atoms with Gasteiger partial charge < -0.3 is 5.32 Å². The van der Waals surface area contributed by atoms with E-state index in [-0.39, 0.29) is 5.54 Å². The Kier molecular flexibility index (Phi) is 4.96. The summed E-state index contributed by atoms with van der Waals surface area (Å²) >= 11 is 1.50. The maximum atomic E-state index is 4.54. The zero-order chi connectivity index (χ0) is 15.5. The van der Waals surface area contributed by atoms with Crippen molar-refractivity contribution in [2.45, 2.75) is 56.9 Å². The van der Waals surface area contributed by atoms with Gasteiger partial charge in [-0.05, 0) is 63.1 Å². The fourth-order valence-electron chi connectivity index (χ4n) is 1.71. The van der Waals surface area contributed by atoms with Crippen LogP contribution < -0.4 is 5.32 Å². The highest BCUT2D eigenvalue weighted by atomic mass is 32.2. The third-order valence-electron chi connectivity index (χ3n) is 2.85. The van der Waals surface area contributed by atoms with Crippen LogP contribution in [-0.2, 0) is 6.54 Å². The first-order chi connectivity index (χ1) is 9.83. The third-order valence-corrected chi connectivity index (χ3v) is 3.87. The molecule has 0 atom stereocenters. The average Bonchev–Trinajstić information content (AvgIpc) is 2.41. The van der Waals surface area contributed by atoms with Gasteiger partial charge in [-0.25, -0.2) is 15.0 Å². The molecule has 2 heterocycles. The van der Waals surface area contributed by atoms with E-state index in [0.717, 1.165) is 27.9 Å². The molecule has 0 aliphatic carbocycles. The molecular weight excluding hydrogens is 280 g/mol. The summed E-state index contributed by atoms with van der Waals surface area (Å²) in [5, 5.41) is 5.16. The fraction of sp³-hybridized carbons (Fsp3) is 0.438. The molecule has 0 saturated heterocycles. The van der Waals surface area contributed by atoms with Crippen molar-refractivity contribution < 1.29 is 0 Å². The topological polar surface area (TPSA) is 50.7 Å². The second kappa shape index (κ2) is 6.54. The number of hydrogen-bond donors (Lipinski definition) is 1. The summed E-state index contributed by atoms with van der Waals surface area (Å²) in [5.41, 5.74) is 3.51. The number of nitrogens with zero attached hydrogens (tertiary/aromatic N) is 3. The number of aromatic nitrogens is 3. The molecule has 1 N–H and O–H groups in total. The van der Waals surface area contributed by atoms with Crippen molar-refractivity contribution in [1.82, 2.24) is 20.3 Å². The second-order valence-corrected chi connectivity index (χ2v) is 7.17. The van der Waals surface area contributed by atoms with E-state index in [4.69, 9.17) is 0 Å². The minimum Gasteiger partial charge on any atom is -0.308 e. The van der Waals surface area contributed by atoms with Gasteiger partial charge in [-0.3, -0.25) is 0 Å². The molecule has 0 aliphatic rings. The first kappa shape index (κ1) is 15.9. The lowest BCUT2D eigenvalue weighted by molar-refractivity contribution is 0.424. The molecule has 0 unspecified atom stereocenters. The van der Waals surface area contributed by atoms with Crippen LogP contribution in [-0.4, -0.2) is 20.5 Å². The Labute approximate surface area is 130 Å². The van der Waals surface area contributed by atoms with Crippen LogP contribution in [0.4, 0.5) is 0 Å². The van der Waals surface area contributed by atoms with E-state index >= 15 is 0 Å². The molecule has 2 rings (SSSR count). The van der Waals surface area contributed by atoms with Crippen molar-refractivity contribution in [2.75, 3.05) is 0 Å². The Morgan fingerprint density at radius 3 is 2.29 bits per heavy atom. The molecule has 112 valence electrons. The lowest BCUT2D eigenvalue weighted by atomic mass is 10.1. The van der Waals surface area contributed by atoms with E-state index in [1.54, 1.807) is 0 Å². The van der Waals surface area contributed by atoms with Gasteiger partial charge in [-0.15, -0.1) is 0 Å². The van der Waals surface area contributed by atoms with Crippen LogP contribution in [0.3, 0.4) is 0 Å². The fourth-order valence-corrected chi connectivity index (χ4v) is 2.42. The first-order valence-electron chi connectivity index (χ1n) is 7.00. The SMILES string of the molecule is Cc1cnc(Sc2ncc(CNC(C)(C)C)cc2C)nc1. The number of nitrogens with one attached hydrogen (secondary N) is 1. The van der Waals surface area contributed by atoms with Gasteiger partial charge in [0.25, 0.3) is 0 Å². The summed E-state index contributed by atoms with van der Waals surface area (Å²) in [5.74, 6) is 0. The molecule has 0 saturated carbocycles. The molecule has 0 radical (unpaired) electrons. The van der Waals surface area contributed by atoms with Crippen LogP contribution in [0.5, 0.6) is 0 Å². The summed E-state index contributed by atoms with van der Waals surface area (Å²) < 4.78 is 0. The lowest BCUT2D eigenvalue weighted by Gasteiger charge is -2.20. The summed E-state index contributed by atoms with van der Waals surface area (Å²) in [4.78, 5) is 13.2.